The summed E-state index contributed by atoms with van der Waals surface area (Å²) in [7, 11) is 1.72. The van der Waals surface area contributed by atoms with Crippen molar-refractivity contribution in [3.05, 3.63) is 18.0 Å². The van der Waals surface area contributed by atoms with Gasteiger partial charge in [0.05, 0.1) is 31.1 Å². The summed E-state index contributed by atoms with van der Waals surface area (Å²) in [4.78, 5) is 2.50. The number of morpholine rings is 1. The van der Waals surface area contributed by atoms with Gasteiger partial charge in [0.15, 0.2) is 0 Å². The van der Waals surface area contributed by atoms with Crippen molar-refractivity contribution in [1.82, 2.24) is 14.7 Å². The van der Waals surface area contributed by atoms with Crippen LogP contribution >= 0.6 is 0 Å². The Morgan fingerprint density at radius 1 is 1.41 bits per heavy atom. The molecule has 6 nitrogen and oxygen atoms in total. The molecule has 0 bridgehead atoms. The van der Waals surface area contributed by atoms with Crippen molar-refractivity contribution in [2.24, 2.45) is 0 Å². The largest absolute Gasteiger partial charge is 0.383 e. The molecular weight excluding hydrogens is 282 g/mol. The molecule has 22 heavy (non-hydrogen) atoms. The molecule has 0 amide bonds. The molecule has 1 unspecified atom stereocenters. The minimum absolute atomic E-state index is 0.0119. The van der Waals surface area contributed by atoms with Gasteiger partial charge in [0.2, 0.25) is 0 Å². The van der Waals surface area contributed by atoms with Crippen molar-refractivity contribution in [3.8, 4) is 0 Å². The van der Waals surface area contributed by atoms with Crippen molar-refractivity contribution in [2.45, 2.75) is 44.6 Å². The van der Waals surface area contributed by atoms with Crippen molar-refractivity contribution < 1.29 is 14.2 Å². The predicted molar refractivity (Wildman–Crippen MR) is 82.7 cm³/mol. The molecule has 3 heterocycles. The van der Waals surface area contributed by atoms with Gasteiger partial charge in [-0.15, -0.1) is 0 Å². The molecule has 0 aliphatic carbocycles. The first-order chi connectivity index (χ1) is 10.7. The Kier molecular flexibility index (Phi) is 5.13. The highest BCUT2D eigenvalue weighted by molar-refractivity contribution is 5.05. The lowest BCUT2D eigenvalue weighted by Gasteiger charge is -2.47. The third kappa shape index (κ3) is 3.87. The van der Waals surface area contributed by atoms with E-state index in [0.717, 1.165) is 52.2 Å². The number of hydrogen-bond acceptors (Lipinski definition) is 5. The van der Waals surface area contributed by atoms with Crippen LogP contribution in [-0.2, 0) is 27.3 Å². The van der Waals surface area contributed by atoms with E-state index in [-0.39, 0.29) is 11.7 Å². The van der Waals surface area contributed by atoms with Gasteiger partial charge < -0.3 is 14.2 Å². The first-order valence-electron chi connectivity index (χ1n) is 8.17. The fraction of sp³-hybridized carbons (Fsp3) is 0.812. The van der Waals surface area contributed by atoms with Crippen molar-refractivity contribution in [1.29, 1.82) is 0 Å². The number of hydrogen-bond donors (Lipinski definition) is 0. The van der Waals surface area contributed by atoms with Gasteiger partial charge in [-0.2, -0.15) is 5.10 Å². The lowest BCUT2D eigenvalue weighted by atomic mass is 9.91. The molecule has 0 saturated carbocycles. The smallest absolute Gasteiger partial charge is 0.0857 e. The lowest BCUT2D eigenvalue weighted by Crippen LogP contribution is -2.56. The summed E-state index contributed by atoms with van der Waals surface area (Å²) < 4.78 is 18.8. The van der Waals surface area contributed by atoms with E-state index in [4.69, 9.17) is 14.2 Å². The molecule has 1 atom stereocenters. The fourth-order valence-corrected chi connectivity index (χ4v) is 3.53. The third-order valence-corrected chi connectivity index (χ3v) is 4.50. The molecule has 2 aliphatic rings. The lowest BCUT2D eigenvalue weighted by molar-refractivity contribution is -0.185. The van der Waals surface area contributed by atoms with Crippen molar-refractivity contribution >= 4 is 0 Å². The number of ether oxygens (including phenoxy) is 3. The van der Waals surface area contributed by atoms with E-state index in [9.17, 15) is 0 Å². The fourth-order valence-electron chi connectivity index (χ4n) is 3.53. The Balaban J connectivity index is 1.60. The summed E-state index contributed by atoms with van der Waals surface area (Å²) >= 11 is 0. The van der Waals surface area contributed by atoms with E-state index in [1.165, 1.54) is 5.56 Å². The molecule has 2 saturated heterocycles. The molecule has 124 valence electrons. The number of aromatic nitrogens is 2. The average Bonchev–Trinajstić information content (AvgIpc) is 2.92. The first-order valence-corrected chi connectivity index (χ1v) is 8.17. The molecule has 1 aromatic heterocycles. The second-order valence-corrected chi connectivity index (χ2v) is 6.50. The summed E-state index contributed by atoms with van der Waals surface area (Å²) in [6.07, 6.45) is 6.36. The molecule has 3 rings (SSSR count). The van der Waals surface area contributed by atoms with Crippen LogP contribution < -0.4 is 0 Å². The zero-order chi connectivity index (χ0) is 15.4. The Labute approximate surface area is 132 Å². The normalized spacial score (nSPS) is 25.6. The zero-order valence-corrected chi connectivity index (χ0v) is 13.7. The van der Waals surface area contributed by atoms with Crippen LogP contribution in [0.2, 0.25) is 0 Å². The van der Waals surface area contributed by atoms with Crippen LogP contribution in [-0.4, -0.2) is 66.4 Å². The second kappa shape index (κ2) is 7.08. The summed E-state index contributed by atoms with van der Waals surface area (Å²) in [6, 6.07) is 0. The molecule has 1 spiro atoms. The summed E-state index contributed by atoms with van der Waals surface area (Å²) in [5, 5.41) is 4.40. The Hall–Kier alpha value is -0.950. The van der Waals surface area contributed by atoms with Crippen molar-refractivity contribution in [3.63, 3.8) is 0 Å². The monoisotopic (exact) mass is 309 g/mol. The van der Waals surface area contributed by atoms with Gasteiger partial charge >= 0.3 is 0 Å². The molecular formula is C16H27N3O3. The predicted octanol–water partition coefficient (Wildman–Crippen LogP) is 1.30. The van der Waals surface area contributed by atoms with Crippen molar-refractivity contribution in [2.75, 3.05) is 40.0 Å². The molecule has 6 heteroatoms. The number of rotatable bonds is 5. The molecule has 2 aliphatic heterocycles. The Bertz CT molecular complexity index is 471. The summed E-state index contributed by atoms with van der Waals surface area (Å²) in [5.74, 6) is 0. The first kappa shape index (κ1) is 15.9. The van der Waals surface area contributed by atoms with Crippen LogP contribution in [0.25, 0.3) is 0 Å². The zero-order valence-electron chi connectivity index (χ0n) is 13.7. The molecule has 0 aromatic carbocycles. The van der Waals surface area contributed by atoms with E-state index in [1.54, 1.807) is 7.11 Å². The van der Waals surface area contributed by atoms with Crippen LogP contribution in [0.3, 0.4) is 0 Å². The summed E-state index contributed by atoms with van der Waals surface area (Å²) in [5.41, 5.74) is 1.24. The SMILES string of the molecule is COCCn1cc(CN2CC(C)OC3(CCOCC3)C2)cn1. The van der Waals surface area contributed by atoms with Crippen LogP contribution in [0.15, 0.2) is 12.4 Å². The van der Waals surface area contributed by atoms with Crippen LogP contribution in [0, 0.1) is 0 Å². The maximum Gasteiger partial charge on any atom is 0.0857 e. The van der Waals surface area contributed by atoms with Gasteiger partial charge in [0.1, 0.15) is 0 Å². The van der Waals surface area contributed by atoms with Crippen LogP contribution in [0.4, 0.5) is 0 Å². The van der Waals surface area contributed by atoms with E-state index >= 15 is 0 Å². The minimum Gasteiger partial charge on any atom is -0.383 e. The topological polar surface area (TPSA) is 48.8 Å². The highest BCUT2D eigenvalue weighted by Gasteiger charge is 2.40. The van der Waals surface area contributed by atoms with Gasteiger partial charge in [-0.05, 0) is 6.92 Å². The van der Waals surface area contributed by atoms with E-state index in [0.29, 0.717) is 6.61 Å². The molecule has 0 N–H and O–H groups in total. The summed E-state index contributed by atoms with van der Waals surface area (Å²) in [6.45, 7) is 8.20. The van der Waals surface area contributed by atoms with Crippen LogP contribution in [0.5, 0.6) is 0 Å². The van der Waals surface area contributed by atoms with E-state index < -0.39 is 0 Å². The standard InChI is InChI=1S/C16H27N3O3/c1-14-10-18(13-16(22-14)3-6-21-7-4-16)11-15-9-17-19(12-15)5-8-20-2/h9,12,14H,3-8,10-11,13H2,1-2H3. The minimum atomic E-state index is -0.0119. The van der Waals surface area contributed by atoms with Gasteiger partial charge in [0.25, 0.3) is 0 Å². The van der Waals surface area contributed by atoms with Crippen LogP contribution in [0.1, 0.15) is 25.3 Å². The van der Waals surface area contributed by atoms with E-state index in [2.05, 4.69) is 23.1 Å². The highest BCUT2D eigenvalue weighted by atomic mass is 16.5. The van der Waals surface area contributed by atoms with Gasteiger partial charge in [-0.1, -0.05) is 0 Å². The number of methoxy groups -OCH3 is 1. The number of nitrogens with zero attached hydrogens (tertiary/aromatic N) is 3. The highest BCUT2D eigenvalue weighted by Crippen LogP contribution is 2.32. The molecule has 1 aromatic rings. The second-order valence-electron chi connectivity index (χ2n) is 6.50. The van der Waals surface area contributed by atoms with Gasteiger partial charge in [-0.3, -0.25) is 9.58 Å². The molecule has 2 fully saturated rings. The maximum atomic E-state index is 6.28. The van der Waals surface area contributed by atoms with Gasteiger partial charge in [-0.25, -0.2) is 0 Å². The average molecular weight is 309 g/mol. The quantitative estimate of drug-likeness (QED) is 0.820. The molecule has 0 radical (unpaired) electrons. The van der Waals surface area contributed by atoms with Gasteiger partial charge in [0, 0.05) is 64.6 Å². The van der Waals surface area contributed by atoms with E-state index in [1.807, 2.05) is 10.9 Å². The Morgan fingerprint density at radius 2 is 2.23 bits per heavy atom. The maximum absolute atomic E-state index is 6.28. The third-order valence-electron chi connectivity index (χ3n) is 4.50. The Morgan fingerprint density at radius 3 is 3.00 bits per heavy atom.